The molecule has 0 radical (unpaired) electrons. The monoisotopic (exact) mass is 454 g/mol. The van der Waals surface area contributed by atoms with Gasteiger partial charge in [0.05, 0.1) is 11.6 Å². The summed E-state index contributed by atoms with van der Waals surface area (Å²) < 4.78 is 12.3. The van der Waals surface area contributed by atoms with Crippen molar-refractivity contribution in [2.45, 2.75) is 19.5 Å². The van der Waals surface area contributed by atoms with Crippen LogP contribution in [0.5, 0.6) is 17.2 Å². The van der Waals surface area contributed by atoms with Gasteiger partial charge in [-0.3, -0.25) is 4.90 Å². The second-order valence-electron chi connectivity index (χ2n) is 6.88. The second-order valence-corrected chi connectivity index (χ2v) is 7.74. The Morgan fingerprint density at radius 1 is 0.862 bits per heavy atom. The van der Waals surface area contributed by atoms with Crippen LogP contribution in [0.3, 0.4) is 0 Å². The lowest BCUT2D eigenvalue weighted by Gasteiger charge is -2.23. The van der Waals surface area contributed by atoms with Crippen LogP contribution >= 0.6 is 15.9 Å². The highest BCUT2D eigenvalue weighted by Gasteiger charge is 2.10. The van der Waals surface area contributed by atoms with Crippen molar-refractivity contribution < 1.29 is 9.47 Å². The van der Waals surface area contributed by atoms with Crippen LogP contribution in [0.25, 0.3) is 0 Å². The molecule has 0 amide bonds. The zero-order chi connectivity index (χ0) is 20.5. The van der Waals surface area contributed by atoms with Gasteiger partial charge in [-0.05, 0) is 76.4 Å². The summed E-state index contributed by atoms with van der Waals surface area (Å²) in [4.78, 5) is 2.41. The first-order valence-corrected chi connectivity index (χ1v) is 10.5. The van der Waals surface area contributed by atoms with Crippen molar-refractivity contribution in [1.82, 2.24) is 4.90 Å². The molecule has 4 nitrogen and oxygen atoms in total. The van der Waals surface area contributed by atoms with Gasteiger partial charge in [0.15, 0.2) is 0 Å². The van der Waals surface area contributed by atoms with E-state index in [9.17, 15) is 0 Å². The first-order valence-electron chi connectivity index (χ1n) is 9.74. The number of halogens is 1. The quantitative estimate of drug-likeness (QED) is 0.432. The number of methoxy groups -OCH3 is 1. The number of benzene rings is 3. The van der Waals surface area contributed by atoms with Crippen LogP contribution in [0.15, 0.2) is 77.3 Å². The van der Waals surface area contributed by atoms with E-state index in [-0.39, 0.29) is 0 Å². The maximum absolute atomic E-state index is 5.98. The Bertz CT molecular complexity index is 902. The third-order valence-electron chi connectivity index (χ3n) is 4.58. The van der Waals surface area contributed by atoms with E-state index < -0.39 is 0 Å². The highest BCUT2D eigenvalue weighted by atomic mass is 79.9. The molecule has 0 aliphatic carbocycles. The van der Waals surface area contributed by atoms with Gasteiger partial charge in [-0.1, -0.05) is 36.4 Å². The largest absolute Gasteiger partial charge is 0.496 e. The lowest BCUT2D eigenvalue weighted by Crippen LogP contribution is -2.25. The van der Waals surface area contributed by atoms with Crippen molar-refractivity contribution in [3.05, 3.63) is 88.4 Å². The van der Waals surface area contributed by atoms with Crippen LogP contribution in [-0.2, 0) is 13.1 Å². The third-order valence-corrected chi connectivity index (χ3v) is 5.20. The molecule has 0 saturated carbocycles. The summed E-state index contributed by atoms with van der Waals surface area (Å²) in [5, 5.41) is 0. The molecule has 5 heteroatoms. The summed E-state index contributed by atoms with van der Waals surface area (Å²) in [5.74, 6) is 2.53. The molecule has 0 atom stereocenters. The van der Waals surface area contributed by atoms with Crippen LogP contribution in [-0.4, -0.2) is 25.1 Å². The van der Waals surface area contributed by atoms with E-state index in [1.807, 2.05) is 48.5 Å². The van der Waals surface area contributed by atoms with Crippen LogP contribution in [0, 0.1) is 0 Å². The highest BCUT2D eigenvalue weighted by molar-refractivity contribution is 9.10. The minimum Gasteiger partial charge on any atom is -0.496 e. The Morgan fingerprint density at radius 3 is 2.28 bits per heavy atom. The van der Waals surface area contributed by atoms with Crippen LogP contribution in [0.2, 0.25) is 0 Å². The van der Waals surface area contributed by atoms with Gasteiger partial charge >= 0.3 is 0 Å². The summed E-state index contributed by atoms with van der Waals surface area (Å²) in [7, 11) is 1.68. The van der Waals surface area contributed by atoms with Crippen molar-refractivity contribution in [1.29, 1.82) is 0 Å². The molecular formula is C24H27BrN2O2. The van der Waals surface area contributed by atoms with Gasteiger partial charge in [-0.25, -0.2) is 0 Å². The summed E-state index contributed by atoms with van der Waals surface area (Å²) in [6.45, 7) is 3.28. The Labute approximate surface area is 181 Å². The van der Waals surface area contributed by atoms with Crippen molar-refractivity contribution in [2.75, 3.05) is 20.2 Å². The fraction of sp³-hybridized carbons (Fsp3) is 0.250. The second kappa shape index (κ2) is 11.0. The molecule has 0 aromatic heterocycles. The van der Waals surface area contributed by atoms with Gasteiger partial charge in [0.1, 0.15) is 17.2 Å². The molecular weight excluding hydrogens is 428 g/mol. The number of nitrogens with zero attached hydrogens (tertiary/aromatic N) is 1. The predicted octanol–water partition coefficient (Wildman–Crippen LogP) is 5.60. The van der Waals surface area contributed by atoms with E-state index in [1.54, 1.807) is 7.11 Å². The molecule has 0 unspecified atom stereocenters. The lowest BCUT2D eigenvalue weighted by atomic mass is 10.1. The van der Waals surface area contributed by atoms with Gasteiger partial charge < -0.3 is 15.2 Å². The van der Waals surface area contributed by atoms with Crippen LogP contribution < -0.4 is 15.2 Å². The molecule has 3 aromatic carbocycles. The normalized spacial score (nSPS) is 10.9. The maximum Gasteiger partial charge on any atom is 0.133 e. The minimum absolute atomic E-state index is 0.681. The zero-order valence-electron chi connectivity index (χ0n) is 16.7. The number of ether oxygens (including phenoxy) is 2. The number of hydrogen-bond acceptors (Lipinski definition) is 4. The molecule has 0 bridgehead atoms. The average molecular weight is 455 g/mol. The van der Waals surface area contributed by atoms with Crippen LogP contribution in [0.1, 0.15) is 17.5 Å². The van der Waals surface area contributed by atoms with Crippen molar-refractivity contribution in [3.8, 4) is 17.2 Å². The van der Waals surface area contributed by atoms with Gasteiger partial charge in [0.25, 0.3) is 0 Å². The SMILES string of the molecule is COc1ccc(CN(CCCN)Cc2cccc(Oc3ccccc3)c2)cc1Br. The van der Waals surface area contributed by atoms with Crippen molar-refractivity contribution in [2.24, 2.45) is 5.73 Å². The van der Waals surface area contributed by atoms with Crippen LogP contribution in [0.4, 0.5) is 0 Å². The van der Waals surface area contributed by atoms with E-state index in [0.717, 1.165) is 47.8 Å². The first kappa shape index (κ1) is 21.4. The number of hydrogen-bond donors (Lipinski definition) is 1. The topological polar surface area (TPSA) is 47.7 Å². The molecule has 0 fully saturated rings. The maximum atomic E-state index is 5.98. The standard InChI is InChI=1S/C24H27BrN2O2/c1-28-24-12-11-20(16-23(24)25)18-27(14-6-13-26)17-19-7-5-10-22(15-19)29-21-8-3-2-4-9-21/h2-5,7-12,15-16H,6,13-14,17-18,26H2,1H3. The Hall–Kier alpha value is -2.34. The molecule has 0 heterocycles. The summed E-state index contributed by atoms with van der Waals surface area (Å²) in [5.41, 5.74) is 8.20. The molecule has 3 rings (SSSR count). The molecule has 3 aromatic rings. The number of rotatable bonds is 10. The molecule has 0 aliphatic heterocycles. The Balaban J connectivity index is 1.71. The first-order chi connectivity index (χ1) is 14.2. The highest BCUT2D eigenvalue weighted by Crippen LogP contribution is 2.27. The summed E-state index contributed by atoms with van der Waals surface area (Å²) >= 11 is 3.58. The van der Waals surface area contributed by atoms with Crippen molar-refractivity contribution >= 4 is 15.9 Å². The van der Waals surface area contributed by atoms with E-state index in [2.05, 4.69) is 45.1 Å². The minimum atomic E-state index is 0.681. The zero-order valence-corrected chi connectivity index (χ0v) is 18.3. The van der Waals surface area contributed by atoms with E-state index >= 15 is 0 Å². The molecule has 2 N–H and O–H groups in total. The fourth-order valence-electron chi connectivity index (χ4n) is 3.19. The van der Waals surface area contributed by atoms with Gasteiger partial charge in [0, 0.05) is 19.6 Å². The molecule has 152 valence electrons. The molecule has 0 spiro atoms. The van der Waals surface area contributed by atoms with E-state index in [4.69, 9.17) is 15.2 Å². The van der Waals surface area contributed by atoms with E-state index in [1.165, 1.54) is 11.1 Å². The van der Waals surface area contributed by atoms with Crippen molar-refractivity contribution in [3.63, 3.8) is 0 Å². The predicted molar refractivity (Wildman–Crippen MR) is 121 cm³/mol. The molecule has 29 heavy (non-hydrogen) atoms. The summed E-state index contributed by atoms with van der Waals surface area (Å²) in [6, 6.07) is 24.3. The number of para-hydroxylation sites is 1. The summed E-state index contributed by atoms with van der Waals surface area (Å²) in [6.07, 6.45) is 0.956. The third kappa shape index (κ3) is 6.60. The van der Waals surface area contributed by atoms with E-state index in [0.29, 0.717) is 6.54 Å². The fourth-order valence-corrected chi connectivity index (χ4v) is 3.77. The van der Waals surface area contributed by atoms with Gasteiger partial charge in [-0.15, -0.1) is 0 Å². The molecule has 0 aliphatic rings. The molecule has 0 saturated heterocycles. The number of nitrogens with two attached hydrogens (primary N) is 1. The smallest absolute Gasteiger partial charge is 0.133 e. The Kier molecular flexibility index (Phi) is 8.11. The van der Waals surface area contributed by atoms with Gasteiger partial charge in [-0.2, -0.15) is 0 Å². The van der Waals surface area contributed by atoms with Gasteiger partial charge in [0.2, 0.25) is 0 Å². The average Bonchev–Trinajstić information content (AvgIpc) is 2.73. The lowest BCUT2D eigenvalue weighted by molar-refractivity contribution is 0.254. The Morgan fingerprint density at radius 2 is 1.59 bits per heavy atom.